The van der Waals surface area contributed by atoms with Gasteiger partial charge in [0.2, 0.25) is 11.8 Å². The molecule has 0 fully saturated rings. The van der Waals surface area contributed by atoms with E-state index >= 15 is 0 Å². The number of hydrogen-bond donors (Lipinski definition) is 1. The molecule has 6 aromatic rings. The Hall–Kier alpha value is -5.20. The van der Waals surface area contributed by atoms with Gasteiger partial charge in [-0.2, -0.15) is 9.97 Å². The van der Waals surface area contributed by atoms with E-state index in [-0.39, 0.29) is 6.61 Å². The van der Waals surface area contributed by atoms with E-state index < -0.39 is 8.07 Å². The molecule has 1 N–H and O–H groups in total. The molecule has 0 atom stereocenters. The average molecular weight is 706 g/mol. The fraction of sp³-hybridized carbons (Fsp3) is 0.308. The van der Waals surface area contributed by atoms with Crippen molar-refractivity contribution in [2.24, 2.45) is 0 Å². The van der Waals surface area contributed by atoms with E-state index in [2.05, 4.69) is 60.2 Å². The lowest BCUT2D eigenvalue weighted by molar-refractivity contribution is 0.0899. The van der Waals surface area contributed by atoms with Crippen LogP contribution in [0.4, 0.5) is 5.95 Å². The third kappa shape index (κ3) is 9.13. The molecule has 12 heteroatoms. The van der Waals surface area contributed by atoms with Crippen molar-refractivity contribution in [3.63, 3.8) is 0 Å². The summed E-state index contributed by atoms with van der Waals surface area (Å²) in [6.45, 7) is 13.0. The van der Waals surface area contributed by atoms with Gasteiger partial charge in [0.05, 0.1) is 36.5 Å². The Bertz CT molecular complexity index is 2080. The van der Waals surface area contributed by atoms with Crippen LogP contribution in [-0.2, 0) is 24.7 Å². The Morgan fingerprint density at radius 1 is 0.843 bits per heavy atom. The molecule has 0 aliphatic carbocycles. The van der Waals surface area contributed by atoms with Gasteiger partial charge in [0.15, 0.2) is 5.65 Å². The zero-order valence-electron chi connectivity index (χ0n) is 29.9. The van der Waals surface area contributed by atoms with Crippen molar-refractivity contribution in [2.75, 3.05) is 32.7 Å². The number of anilines is 1. The van der Waals surface area contributed by atoms with Gasteiger partial charge in [-0.25, -0.2) is 0 Å². The highest BCUT2D eigenvalue weighted by Gasteiger charge is 2.21. The maximum absolute atomic E-state index is 6.44. The number of nitrogens with one attached hydrogen (secondary N) is 1. The van der Waals surface area contributed by atoms with Crippen LogP contribution >= 0.6 is 0 Å². The van der Waals surface area contributed by atoms with Crippen LogP contribution in [0.5, 0.6) is 23.1 Å². The van der Waals surface area contributed by atoms with Crippen molar-refractivity contribution in [1.82, 2.24) is 24.5 Å². The molecule has 0 amide bonds. The van der Waals surface area contributed by atoms with E-state index in [1.807, 2.05) is 53.1 Å². The zero-order valence-corrected chi connectivity index (χ0v) is 30.9. The van der Waals surface area contributed by atoms with Crippen molar-refractivity contribution < 1.29 is 23.7 Å². The summed E-state index contributed by atoms with van der Waals surface area (Å²) in [6.07, 6.45) is 6.19. The lowest BCUT2D eigenvalue weighted by Crippen LogP contribution is -2.22. The first kappa shape index (κ1) is 35.6. The summed E-state index contributed by atoms with van der Waals surface area (Å²) in [4.78, 5) is 18.8. The molecule has 2 aromatic carbocycles. The highest BCUT2D eigenvalue weighted by Crippen LogP contribution is 2.38. The number of aromatic nitrogens is 5. The molecule has 0 aliphatic heterocycles. The molecule has 0 bridgehead atoms. The Morgan fingerprint density at radius 2 is 1.69 bits per heavy atom. The minimum Gasteiger partial charge on any atom is -0.497 e. The smallest absolute Gasteiger partial charge is 0.228 e. The maximum atomic E-state index is 6.44. The first-order valence-electron chi connectivity index (χ1n) is 17.0. The third-order valence-electron chi connectivity index (χ3n) is 8.22. The second-order valence-electron chi connectivity index (χ2n) is 13.4. The first-order chi connectivity index (χ1) is 24.7. The second-order valence-corrected chi connectivity index (χ2v) is 19.0. The summed E-state index contributed by atoms with van der Waals surface area (Å²) in [6, 6.07) is 20.8. The Kier molecular flexibility index (Phi) is 11.3. The Balaban J connectivity index is 1.35. The van der Waals surface area contributed by atoms with Gasteiger partial charge in [-0.1, -0.05) is 37.8 Å². The van der Waals surface area contributed by atoms with E-state index in [0.717, 1.165) is 50.5 Å². The number of nitrogens with zero attached hydrogens (tertiary/aromatic N) is 5. The minimum absolute atomic E-state index is 0.185. The molecule has 4 heterocycles. The molecular weight excluding hydrogens is 661 g/mol. The number of rotatable bonds is 17. The molecule has 0 saturated carbocycles. The van der Waals surface area contributed by atoms with Crippen LogP contribution in [0, 0.1) is 6.92 Å². The lowest BCUT2D eigenvalue weighted by Gasteiger charge is -2.15. The van der Waals surface area contributed by atoms with Crippen molar-refractivity contribution in [2.45, 2.75) is 52.1 Å². The topological polar surface area (TPSA) is 115 Å². The number of pyridine rings is 2. The summed E-state index contributed by atoms with van der Waals surface area (Å²) in [5.74, 6) is 3.07. The highest BCUT2D eigenvalue weighted by atomic mass is 28.3. The Morgan fingerprint density at radius 3 is 2.45 bits per heavy atom. The summed E-state index contributed by atoms with van der Waals surface area (Å²) in [7, 11) is 2.18. The number of fused-ring (bicyclic) bond motifs is 2. The van der Waals surface area contributed by atoms with E-state index in [9.17, 15) is 0 Å². The van der Waals surface area contributed by atoms with Gasteiger partial charge in [-0.3, -0.25) is 9.97 Å². The van der Waals surface area contributed by atoms with Gasteiger partial charge in [0, 0.05) is 51.1 Å². The number of ether oxygens (including phenoxy) is 5. The van der Waals surface area contributed by atoms with Crippen LogP contribution in [-0.4, -0.2) is 59.9 Å². The van der Waals surface area contributed by atoms with Crippen LogP contribution in [0.25, 0.3) is 33.1 Å². The lowest BCUT2D eigenvalue weighted by atomic mass is 10.0. The monoisotopic (exact) mass is 705 g/mol. The van der Waals surface area contributed by atoms with E-state index in [1.54, 1.807) is 26.6 Å². The van der Waals surface area contributed by atoms with Gasteiger partial charge in [-0.15, -0.1) is 0 Å². The molecule has 0 saturated heterocycles. The summed E-state index contributed by atoms with van der Waals surface area (Å²) < 4.78 is 31.9. The van der Waals surface area contributed by atoms with Crippen LogP contribution in [0.15, 0.2) is 79.3 Å². The molecule has 51 heavy (non-hydrogen) atoms. The summed E-state index contributed by atoms with van der Waals surface area (Å²) >= 11 is 0. The molecular formula is C39H45N6O5Si. The van der Waals surface area contributed by atoms with Crippen molar-refractivity contribution in [1.29, 1.82) is 0 Å². The number of benzene rings is 2. The Labute approximate surface area is 300 Å². The number of hydrogen-bond acceptors (Lipinski definition) is 10. The van der Waals surface area contributed by atoms with Gasteiger partial charge in [0.1, 0.15) is 37.2 Å². The molecule has 11 nitrogen and oxygen atoms in total. The van der Waals surface area contributed by atoms with Crippen LogP contribution in [0.1, 0.15) is 17.7 Å². The van der Waals surface area contributed by atoms with Crippen LogP contribution in [0.2, 0.25) is 25.7 Å². The van der Waals surface area contributed by atoms with Crippen molar-refractivity contribution >= 4 is 36.0 Å². The van der Waals surface area contributed by atoms with Crippen molar-refractivity contribution in [3.05, 3.63) is 97.4 Å². The largest absolute Gasteiger partial charge is 0.497 e. The zero-order chi connectivity index (χ0) is 35.8. The predicted molar refractivity (Wildman–Crippen MR) is 203 cm³/mol. The number of methoxy groups -OCH3 is 1. The molecule has 1 radical (unpaired) electrons. The maximum Gasteiger partial charge on any atom is 0.228 e. The van der Waals surface area contributed by atoms with Gasteiger partial charge in [-0.05, 0) is 66.9 Å². The van der Waals surface area contributed by atoms with Crippen molar-refractivity contribution in [3.8, 4) is 34.3 Å². The van der Waals surface area contributed by atoms with E-state index in [0.29, 0.717) is 61.9 Å². The SMILES string of the molecule is [CH2]CCOc1ccnc(COc2nc(NC)nc3c2c(-c2ccc4ncc(OCc5ccc(OC)cc5)cc4c2)cn3COCC[Si](C)(C)C)c1. The third-order valence-corrected chi connectivity index (χ3v) is 9.93. The van der Waals surface area contributed by atoms with Gasteiger partial charge in [0.25, 0.3) is 0 Å². The standard InChI is InChI=1S/C39H45N6O5Si/c1-7-16-48-32-14-15-41-30(21-32)25-50-38-36-34(23-45(26-47-17-18-51(4,5)6)37(36)43-39(40-2)44-38)28-10-13-35-29(19-28)20-33(22-42-35)49-24-27-8-11-31(46-3)12-9-27/h8-15,19-23H,1,7,16-18,24-26H2,2-6H3,(H,40,43,44). The summed E-state index contributed by atoms with van der Waals surface area (Å²) in [5, 5.41) is 4.80. The molecule has 265 valence electrons. The summed E-state index contributed by atoms with van der Waals surface area (Å²) in [5.41, 5.74) is 5.15. The molecule has 4 aromatic heterocycles. The second kappa shape index (κ2) is 16.2. The molecule has 0 spiro atoms. The first-order valence-corrected chi connectivity index (χ1v) is 20.8. The molecule has 6 rings (SSSR count). The van der Waals surface area contributed by atoms with E-state index in [4.69, 9.17) is 33.7 Å². The fourth-order valence-electron chi connectivity index (χ4n) is 5.43. The average Bonchev–Trinajstić information content (AvgIpc) is 3.52. The minimum atomic E-state index is -1.26. The van der Waals surface area contributed by atoms with Crippen LogP contribution in [0.3, 0.4) is 0 Å². The normalized spacial score (nSPS) is 11.6. The molecule has 0 unspecified atom stereocenters. The van der Waals surface area contributed by atoms with Gasteiger partial charge >= 0.3 is 0 Å². The predicted octanol–water partition coefficient (Wildman–Crippen LogP) is 8.17. The van der Waals surface area contributed by atoms with E-state index in [1.165, 1.54) is 0 Å². The van der Waals surface area contributed by atoms with Crippen LogP contribution < -0.4 is 24.3 Å². The quantitative estimate of drug-likeness (QED) is 0.0736. The highest BCUT2D eigenvalue weighted by molar-refractivity contribution is 6.76. The fourth-order valence-corrected chi connectivity index (χ4v) is 6.19. The molecule has 0 aliphatic rings. The van der Waals surface area contributed by atoms with Gasteiger partial charge < -0.3 is 33.6 Å².